The second-order valence-corrected chi connectivity index (χ2v) is 5.31. The molecule has 1 aromatic heterocycles. The van der Waals surface area contributed by atoms with E-state index in [1.807, 2.05) is 61.5 Å². The van der Waals surface area contributed by atoms with Gasteiger partial charge in [0.25, 0.3) is 0 Å². The smallest absolute Gasteiger partial charge is 0.331 e. The maximum Gasteiger partial charge on any atom is 0.331 e. The van der Waals surface area contributed by atoms with Crippen LogP contribution in [-0.4, -0.2) is 21.0 Å². The third kappa shape index (κ3) is 4.16. The Morgan fingerprint density at radius 1 is 1.12 bits per heavy atom. The minimum Gasteiger partial charge on any atom is -0.456 e. The Bertz CT molecular complexity index is 837. The van der Waals surface area contributed by atoms with Crippen molar-refractivity contribution in [3.05, 3.63) is 83.7 Å². The van der Waals surface area contributed by atoms with Gasteiger partial charge in [-0.05, 0) is 30.7 Å². The summed E-state index contributed by atoms with van der Waals surface area (Å²) in [5.41, 5.74) is 3.58. The highest BCUT2D eigenvalue weighted by molar-refractivity contribution is 5.87. The van der Waals surface area contributed by atoms with E-state index in [2.05, 4.69) is 10.2 Å². The van der Waals surface area contributed by atoms with Crippen molar-refractivity contribution >= 4 is 12.0 Å². The van der Waals surface area contributed by atoms with E-state index < -0.39 is 5.97 Å². The number of rotatable bonds is 5. The molecular formula is C19H17N3O2. The van der Waals surface area contributed by atoms with Crippen molar-refractivity contribution in [2.75, 3.05) is 0 Å². The van der Waals surface area contributed by atoms with Gasteiger partial charge in [-0.25, -0.2) is 4.79 Å². The van der Waals surface area contributed by atoms with Crippen molar-refractivity contribution in [3.63, 3.8) is 0 Å². The van der Waals surface area contributed by atoms with Crippen molar-refractivity contribution in [1.82, 2.24) is 15.0 Å². The molecular weight excluding hydrogens is 302 g/mol. The third-order valence-electron chi connectivity index (χ3n) is 3.38. The molecule has 2 aromatic carbocycles. The standard InChI is InChI=1S/C19H17N3O2/c1-15-7-9-16(10-8-15)11-12-19(23)24-14-17-13-20-22(21-17)18-5-3-2-4-6-18/h2-13H,14H2,1H3. The van der Waals surface area contributed by atoms with Crippen LogP contribution in [0.3, 0.4) is 0 Å². The summed E-state index contributed by atoms with van der Waals surface area (Å²) in [4.78, 5) is 13.3. The number of hydrogen-bond acceptors (Lipinski definition) is 4. The summed E-state index contributed by atoms with van der Waals surface area (Å²) in [7, 11) is 0. The summed E-state index contributed by atoms with van der Waals surface area (Å²) in [6.45, 7) is 2.11. The topological polar surface area (TPSA) is 57.0 Å². The van der Waals surface area contributed by atoms with Crippen molar-refractivity contribution in [1.29, 1.82) is 0 Å². The molecule has 5 heteroatoms. The van der Waals surface area contributed by atoms with Crippen molar-refractivity contribution in [2.45, 2.75) is 13.5 Å². The zero-order valence-corrected chi connectivity index (χ0v) is 13.3. The molecule has 0 bridgehead atoms. The van der Waals surface area contributed by atoms with Crippen molar-refractivity contribution < 1.29 is 9.53 Å². The molecule has 0 amide bonds. The summed E-state index contributed by atoms with van der Waals surface area (Å²) in [6, 6.07) is 17.4. The molecule has 120 valence electrons. The molecule has 3 aromatic rings. The van der Waals surface area contributed by atoms with Gasteiger partial charge in [0, 0.05) is 6.08 Å². The average Bonchev–Trinajstić information content (AvgIpc) is 3.09. The highest BCUT2D eigenvalue weighted by Gasteiger charge is 2.05. The van der Waals surface area contributed by atoms with E-state index in [0.717, 1.165) is 11.3 Å². The van der Waals surface area contributed by atoms with Crippen LogP contribution in [0.2, 0.25) is 0 Å². The van der Waals surface area contributed by atoms with Gasteiger partial charge in [0.15, 0.2) is 0 Å². The molecule has 0 atom stereocenters. The molecule has 0 aliphatic rings. The van der Waals surface area contributed by atoms with Crippen LogP contribution in [0.4, 0.5) is 0 Å². The Hall–Kier alpha value is -3.21. The largest absolute Gasteiger partial charge is 0.456 e. The minimum absolute atomic E-state index is 0.0872. The first kappa shape index (κ1) is 15.7. The molecule has 0 radical (unpaired) electrons. The van der Waals surface area contributed by atoms with Crippen LogP contribution in [0, 0.1) is 6.92 Å². The maximum absolute atomic E-state index is 11.8. The number of benzene rings is 2. The number of ether oxygens (including phenoxy) is 1. The predicted molar refractivity (Wildman–Crippen MR) is 91.4 cm³/mol. The monoisotopic (exact) mass is 319 g/mol. The summed E-state index contributed by atoms with van der Waals surface area (Å²) in [6.07, 6.45) is 4.72. The Kier molecular flexibility index (Phi) is 4.81. The van der Waals surface area contributed by atoms with E-state index in [1.54, 1.807) is 12.3 Å². The molecule has 0 fully saturated rings. The van der Waals surface area contributed by atoms with Crippen LogP contribution in [0.25, 0.3) is 11.8 Å². The van der Waals surface area contributed by atoms with Crippen LogP contribution >= 0.6 is 0 Å². The molecule has 0 spiro atoms. The average molecular weight is 319 g/mol. The number of aryl methyl sites for hydroxylation is 1. The van der Waals surface area contributed by atoms with E-state index in [9.17, 15) is 4.79 Å². The quantitative estimate of drug-likeness (QED) is 0.534. The Morgan fingerprint density at radius 3 is 2.62 bits per heavy atom. The Balaban J connectivity index is 1.55. The number of esters is 1. The summed E-state index contributed by atoms with van der Waals surface area (Å²) in [5.74, 6) is -0.412. The fourth-order valence-electron chi connectivity index (χ4n) is 2.08. The molecule has 0 unspecified atom stereocenters. The van der Waals surface area contributed by atoms with Crippen LogP contribution in [0.15, 0.2) is 66.9 Å². The molecule has 24 heavy (non-hydrogen) atoms. The SMILES string of the molecule is Cc1ccc(C=CC(=O)OCc2cnn(-c3ccccc3)n2)cc1. The predicted octanol–water partition coefficient (Wildman–Crippen LogP) is 3.33. The minimum atomic E-state index is -0.412. The van der Waals surface area contributed by atoms with Gasteiger partial charge in [-0.3, -0.25) is 0 Å². The van der Waals surface area contributed by atoms with Crippen LogP contribution in [0.5, 0.6) is 0 Å². The van der Waals surface area contributed by atoms with E-state index in [1.165, 1.54) is 16.4 Å². The normalized spacial score (nSPS) is 10.9. The number of carbonyl (C=O) groups excluding carboxylic acids is 1. The van der Waals surface area contributed by atoms with Gasteiger partial charge in [-0.15, -0.1) is 5.10 Å². The van der Waals surface area contributed by atoms with Crippen LogP contribution < -0.4 is 0 Å². The van der Waals surface area contributed by atoms with Crippen molar-refractivity contribution in [2.24, 2.45) is 0 Å². The lowest BCUT2D eigenvalue weighted by Gasteiger charge is -1.99. The van der Waals surface area contributed by atoms with E-state index >= 15 is 0 Å². The van der Waals surface area contributed by atoms with Crippen LogP contribution in [0.1, 0.15) is 16.8 Å². The first-order valence-electron chi connectivity index (χ1n) is 7.59. The highest BCUT2D eigenvalue weighted by atomic mass is 16.5. The molecule has 5 nitrogen and oxygen atoms in total. The zero-order chi connectivity index (χ0) is 16.8. The molecule has 0 saturated heterocycles. The third-order valence-corrected chi connectivity index (χ3v) is 3.38. The van der Waals surface area contributed by atoms with Gasteiger partial charge in [0.05, 0.1) is 11.9 Å². The first-order valence-corrected chi connectivity index (χ1v) is 7.59. The molecule has 3 rings (SSSR count). The fraction of sp³-hybridized carbons (Fsp3) is 0.105. The lowest BCUT2D eigenvalue weighted by Crippen LogP contribution is -2.03. The summed E-state index contributed by atoms with van der Waals surface area (Å²) in [5, 5.41) is 8.45. The Labute approximate surface area is 140 Å². The highest BCUT2D eigenvalue weighted by Crippen LogP contribution is 2.07. The Morgan fingerprint density at radius 2 is 1.88 bits per heavy atom. The lowest BCUT2D eigenvalue weighted by atomic mass is 10.1. The van der Waals surface area contributed by atoms with Crippen molar-refractivity contribution in [3.8, 4) is 5.69 Å². The second-order valence-electron chi connectivity index (χ2n) is 5.31. The van der Waals surface area contributed by atoms with Gasteiger partial charge >= 0.3 is 5.97 Å². The fourth-order valence-corrected chi connectivity index (χ4v) is 2.08. The first-order chi connectivity index (χ1) is 11.7. The second kappa shape index (κ2) is 7.37. The number of para-hydroxylation sites is 1. The summed E-state index contributed by atoms with van der Waals surface area (Å²) >= 11 is 0. The molecule has 0 N–H and O–H groups in total. The molecule has 0 aliphatic carbocycles. The van der Waals surface area contributed by atoms with Gasteiger partial charge < -0.3 is 4.74 Å². The molecule has 0 saturated carbocycles. The van der Waals surface area contributed by atoms with Gasteiger partial charge in [-0.1, -0.05) is 48.0 Å². The van der Waals surface area contributed by atoms with Gasteiger partial charge in [-0.2, -0.15) is 9.90 Å². The zero-order valence-electron chi connectivity index (χ0n) is 13.3. The van der Waals surface area contributed by atoms with E-state index in [0.29, 0.717) is 5.69 Å². The summed E-state index contributed by atoms with van der Waals surface area (Å²) < 4.78 is 5.18. The maximum atomic E-state index is 11.8. The lowest BCUT2D eigenvalue weighted by molar-refractivity contribution is -0.139. The van der Waals surface area contributed by atoms with E-state index in [4.69, 9.17) is 4.74 Å². The molecule has 1 heterocycles. The number of hydrogen-bond donors (Lipinski definition) is 0. The number of nitrogens with zero attached hydrogens (tertiary/aromatic N) is 3. The number of carbonyl (C=O) groups is 1. The van der Waals surface area contributed by atoms with Gasteiger partial charge in [0.1, 0.15) is 12.3 Å². The number of aromatic nitrogens is 3. The van der Waals surface area contributed by atoms with E-state index in [-0.39, 0.29) is 6.61 Å². The van der Waals surface area contributed by atoms with Crippen LogP contribution in [-0.2, 0) is 16.1 Å². The molecule has 0 aliphatic heterocycles. The van der Waals surface area contributed by atoms with Gasteiger partial charge in [0.2, 0.25) is 0 Å².